The molecular formula is C27H40O2Si. The predicted octanol–water partition coefficient (Wildman–Crippen LogP) is 5.84. The van der Waals surface area contributed by atoms with E-state index in [1.807, 2.05) is 6.08 Å². The standard InChI is InChI=1S/C27H40O2Si/c1-6-8-9-16-22-25(28)26(17-7-2)29-30(27(3,4)5,23-18-12-10-13-19-23)24-20-14-11-15-21-24/h7,10-15,18-21,25-26,28H,2,6,8-9,16-17,22H2,1,3-5H3/t25?,26-/m0/s1. The second-order valence-corrected chi connectivity index (χ2v) is 13.5. The van der Waals surface area contributed by atoms with E-state index in [4.69, 9.17) is 4.43 Å². The third-order valence-corrected chi connectivity index (χ3v) is 11.0. The predicted molar refractivity (Wildman–Crippen MR) is 132 cm³/mol. The van der Waals surface area contributed by atoms with Gasteiger partial charge in [0.1, 0.15) is 0 Å². The maximum atomic E-state index is 11.1. The second-order valence-electron chi connectivity index (χ2n) is 9.26. The summed E-state index contributed by atoms with van der Waals surface area (Å²) in [7, 11) is -2.67. The zero-order valence-corrected chi connectivity index (χ0v) is 20.3. The van der Waals surface area contributed by atoms with Gasteiger partial charge >= 0.3 is 0 Å². The maximum absolute atomic E-state index is 11.1. The average molecular weight is 425 g/mol. The number of rotatable bonds is 12. The summed E-state index contributed by atoms with van der Waals surface area (Å²) in [5.41, 5.74) is 0. The van der Waals surface area contributed by atoms with E-state index in [2.05, 4.69) is 94.9 Å². The van der Waals surface area contributed by atoms with Gasteiger partial charge in [-0.05, 0) is 28.3 Å². The van der Waals surface area contributed by atoms with E-state index in [1.165, 1.54) is 23.2 Å². The van der Waals surface area contributed by atoms with Gasteiger partial charge in [-0.3, -0.25) is 0 Å². The van der Waals surface area contributed by atoms with Crippen LogP contribution < -0.4 is 10.4 Å². The number of hydrogen-bond donors (Lipinski definition) is 1. The molecule has 0 aliphatic heterocycles. The number of aliphatic hydroxyl groups excluding tert-OH is 1. The van der Waals surface area contributed by atoms with Crippen molar-refractivity contribution in [2.45, 2.75) is 83.5 Å². The first kappa shape index (κ1) is 24.6. The van der Waals surface area contributed by atoms with E-state index in [9.17, 15) is 5.11 Å². The van der Waals surface area contributed by atoms with Crippen LogP contribution in [-0.2, 0) is 4.43 Å². The normalized spacial score (nSPS) is 14.3. The lowest BCUT2D eigenvalue weighted by Gasteiger charge is -2.46. The summed E-state index contributed by atoms with van der Waals surface area (Å²) in [4.78, 5) is 0. The highest BCUT2D eigenvalue weighted by atomic mass is 28.4. The molecule has 2 rings (SSSR count). The van der Waals surface area contributed by atoms with E-state index >= 15 is 0 Å². The summed E-state index contributed by atoms with van der Waals surface area (Å²) in [6.07, 6.45) is 7.19. The van der Waals surface area contributed by atoms with Crippen molar-refractivity contribution >= 4 is 18.7 Å². The molecular weight excluding hydrogens is 384 g/mol. The highest BCUT2D eigenvalue weighted by Gasteiger charge is 2.51. The summed E-state index contributed by atoms with van der Waals surface area (Å²) in [5, 5.41) is 13.5. The topological polar surface area (TPSA) is 29.5 Å². The SMILES string of the molecule is C=CC[C@H](O[Si](c1ccccc1)(c1ccccc1)C(C)(C)C)C(O)CCCCCC. The monoisotopic (exact) mass is 424 g/mol. The lowest BCUT2D eigenvalue weighted by Crippen LogP contribution is -2.68. The molecule has 2 nitrogen and oxygen atoms in total. The Hall–Kier alpha value is -1.68. The third kappa shape index (κ3) is 5.93. The molecule has 0 saturated carbocycles. The van der Waals surface area contributed by atoms with Gasteiger partial charge in [0.25, 0.3) is 8.32 Å². The molecule has 2 atom stereocenters. The molecule has 0 amide bonds. The van der Waals surface area contributed by atoms with E-state index in [-0.39, 0.29) is 11.1 Å². The molecule has 0 aliphatic carbocycles. The molecule has 2 aromatic carbocycles. The van der Waals surface area contributed by atoms with Crippen molar-refractivity contribution in [1.82, 2.24) is 0 Å². The largest absolute Gasteiger partial charge is 0.402 e. The fraction of sp³-hybridized carbons (Fsp3) is 0.481. The average Bonchev–Trinajstić information content (AvgIpc) is 2.74. The summed E-state index contributed by atoms with van der Waals surface area (Å²) in [6, 6.07) is 21.3. The van der Waals surface area contributed by atoms with Gasteiger partial charge in [-0.25, -0.2) is 0 Å². The van der Waals surface area contributed by atoms with Crippen molar-refractivity contribution in [3.63, 3.8) is 0 Å². The van der Waals surface area contributed by atoms with Crippen LogP contribution in [-0.4, -0.2) is 25.6 Å². The smallest absolute Gasteiger partial charge is 0.261 e. The number of unbranched alkanes of at least 4 members (excludes halogenated alkanes) is 3. The molecule has 0 heterocycles. The minimum atomic E-state index is -2.67. The molecule has 3 heteroatoms. The first-order valence-corrected chi connectivity index (χ1v) is 13.4. The number of benzene rings is 2. The van der Waals surface area contributed by atoms with Crippen LogP contribution in [0.1, 0.15) is 66.2 Å². The Morgan fingerprint density at radius 3 is 1.90 bits per heavy atom. The van der Waals surface area contributed by atoms with Crippen molar-refractivity contribution in [1.29, 1.82) is 0 Å². The van der Waals surface area contributed by atoms with Crippen LogP contribution in [0, 0.1) is 0 Å². The Balaban J connectivity index is 2.48. The lowest BCUT2D eigenvalue weighted by atomic mass is 10.0. The fourth-order valence-electron chi connectivity index (χ4n) is 4.33. The van der Waals surface area contributed by atoms with Crippen LogP contribution >= 0.6 is 0 Å². The molecule has 0 fully saturated rings. The second kappa shape index (κ2) is 11.6. The van der Waals surface area contributed by atoms with Crippen LogP contribution in [0.2, 0.25) is 5.04 Å². The highest BCUT2D eigenvalue weighted by molar-refractivity contribution is 6.99. The zero-order valence-electron chi connectivity index (χ0n) is 19.3. The molecule has 164 valence electrons. The Bertz CT molecular complexity index is 697. The van der Waals surface area contributed by atoms with E-state index in [0.717, 1.165) is 19.3 Å². The Labute approximate surface area is 185 Å². The van der Waals surface area contributed by atoms with Gasteiger partial charge < -0.3 is 9.53 Å². The Morgan fingerprint density at radius 2 is 1.47 bits per heavy atom. The van der Waals surface area contributed by atoms with Crippen molar-refractivity contribution in [2.75, 3.05) is 0 Å². The van der Waals surface area contributed by atoms with Gasteiger partial charge in [-0.15, -0.1) is 6.58 Å². The Morgan fingerprint density at radius 1 is 0.933 bits per heavy atom. The van der Waals surface area contributed by atoms with Crippen molar-refractivity contribution in [3.8, 4) is 0 Å². The van der Waals surface area contributed by atoms with Gasteiger partial charge in [0.2, 0.25) is 0 Å². The highest BCUT2D eigenvalue weighted by Crippen LogP contribution is 2.38. The van der Waals surface area contributed by atoms with Crippen molar-refractivity contribution in [3.05, 3.63) is 73.3 Å². The van der Waals surface area contributed by atoms with Gasteiger partial charge in [-0.2, -0.15) is 0 Å². The summed E-state index contributed by atoms with van der Waals surface area (Å²) < 4.78 is 7.15. The first-order valence-electron chi connectivity index (χ1n) is 11.4. The summed E-state index contributed by atoms with van der Waals surface area (Å²) in [6.45, 7) is 13.0. The van der Waals surface area contributed by atoms with Crippen LogP contribution in [0.15, 0.2) is 73.3 Å². The third-order valence-electron chi connectivity index (χ3n) is 5.93. The van der Waals surface area contributed by atoms with Crippen LogP contribution in [0.4, 0.5) is 0 Å². The lowest BCUT2D eigenvalue weighted by molar-refractivity contribution is 0.0252. The molecule has 0 bridgehead atoms. The Kier molecular flexibility index (Phi) is 9.54. The maximum Gasteiger partial charge on any atom is 0.261 e. The zero-order chi connectivity index (χ0) is 22.0. The van der Waals surface area contributed by atoms with E-state index in [1.54, 1.807) is 0 Å². The molecule has 0 aromatic heterocycles. The van der Waals surface area contributed by atoms with Gasteiger partial charge in [0, 0.05) is 0 Å². The quantitative estimate of drug-likeness (QED) is 0.263. The van der Waals surface area contributed by atoms with Crippen molar-refractivity contribution in [2.24, 2.45) is 0 Å². The molecule has 0 radical (unpaired) electrons. The van der Waals surface area contributed by atoms with Crippen LogP contribution in [0.25, 0.3) is 0 Å². The molecule has 30 heavy (non-hydrogen) atoms. The van der Waals surface area contributed by atoms with E-state index in [0.29, 0.717) is 6.42 Å². The molecule has 0 spiro atoms. The van der Waals surface area contributed by atoms with Gasteiger partial charge in [-0.1, -0.05) is 120 Å². The van der Waals surface area contributed by atoms with Crippen molar-refractivity contribution < 1.29 is 9.53 Å². The van der Waals surface area contributed by atoms with Gasteiger partial charge in [0.05, 0.1) is 12.2 Å². The molecule has 0 aliphatic rings. The number of hydrogen-bond acceptors (Lipinski definition) is 2. The molecule has 2 aromatic rings. The van der Waals surface area contributed by atoms with Crippen LogP contribution in [0.5, 0.6) is 0 Å². The summed E-state index contributed by atoms with van der Waals surface area (Å²) >= 11 is 0. The minimum Gasteiger partial charge on any atom is -0.402 e. The van der Waals surface area contributed by atoms with Crippen LogP contribution in [0.3, 0.4) is 0 Å². The van der Waals surface area contributed by atoms with E-state index < -0.39 is 14.4 Å². The van der Waals surface area contributed by atoms with Gasteiger partial charge in [0.15, 0.2) is 0 Å². The fourth-order valence-corrected chi connectivity index (χ4v) is 9.05. The molecule has 1 unspecified atom stereocenters. The molecule has 1 N–H and O–H groups in total. The summed E-state index contributed by atoms with van der Waals surface area (Å²) in [5.74, 6) is 0. The minimum absolute atomic E-state index is 0.100. The molecule has 0 saturated heterocycles. The first-order chi connectivity index (χ1) is 14.4. The number of aliphatic hydroxyl groups is 1.